The van der Waals surface area contributed by atoms with Crippen LogP contribution in [-0.2, 0) is 14.6 Å². The summed E-state index contributed by atoms with van der Waals surface area (Å²) in [4.78, 5) is 25.3. The molecule has 9 nitrogen and oxygen atoms in total. The van der Waals surface area contributed by atoms with Crippen molar-refractivity contribution < 1.29 is 31.9 Å². The second-order valence-corrected chi connectivity index (χ2v) is 9.65. The molecule has 0 aliphatic carbocycles. The summed E-state index contributed by atoms with van der Waals surface area (Å²) < 4.78 is 42.4. The summed E-state index contributed by atoms with van der Waals surface area (Å²) in [7, 11) is -2.42. The molecule has 176 valence electrons. The van der Waals surface area contributed by atoms with Crippen LogP contribution in [0.2, 0.25) is 0 Å². The molecule has 0 saturated heterocycles. The van der Waals surface area contributed by atoms with Crippen molar-refractivity contribution in [1.29, 1.82) is 0 Å². The lowest BCUT2D eigenvalue weighted by atomic mass is 10.0. The van der Waals surface area contributed by atoms with Crippen LogP contribution in [0, 0.1) is 0 Å². The van der Waals surface area contributed by atoms with E-state index in [0.717, 1.165) is 6.07 Å². The molecule has 35 heavy (non-hydrogen) atoms. The van der Waals surface area contributed by atoms with Gasteiger partial charge in [0.2, 0.25) is 15.7 Å². The van der Waals surface area contributed by atoms with Gasteiger partial charge < -0.3 is 13.9 Å². The van der Waals surface area contributed by atoms with E-state index in [-0.39, 0.29) is 38.3 Å². The van der Waals surface area contributed by atoms with Crippen molar-refractivity contribution in [3.05, 3.63) is 89.3 Å². The molecule has 0 saturated carbocycles. The average Bonchev–Trinajstić information content (AvgIpc) is 3.38. The molecule has 4 aromatic rings. The van der Waals surface area contributed by atoms with Crippen molar-refractivity contribution in [2.75, 3.05) is 7.11 Å². The molecule has 1 aromatic heterocycles. The Morgan fingerprint density at radius 1 is 0.943 bits per heavy atom. The smallest absolute Gasteiger partial charge is 0.338 e. The Kier molecular flexibility index (Phi) is 5.45. The van der Waals surface area contributed by atoms with Gasteiger partial charge in [0.1, 0.15) is 5.75 Å². The van der Waals surface area contributed by atoms with Gasteiger partial charge in [-0.1, -0.05) is 12.1 Å². The zero-order valence-electron chi connectivity index (χ0n) is 18.6. The fourth-order valence-electron chi connectivity index (χ4n) is 3.74. The molecule has 1 atom stereocenters. The van der Waals surface area contributed by atoms with E-state index in [1.807, 2.05) is 0 Å². The van der Waals surface area contributed by atoms with Gasteiger partial charge in [0.15, 0.2) is 11.9 Å². The van der Waals surface area contributed by atoms with Gasteiger partial charge in [0.25, 0.3) is 5.89 Å². The standard InChI is InChI=1S/C25H18N2O7S/c1-14(23-26-27-24(34-23)15-7-10-17(32-2)11-8-15)33-25(29)16-9-12-19-21(13-16)35(30,31)20-6-4-3-5-18(20)22(19)28/h3-14H,1-2H3. The summed E-state index contributed by atoms with van der Waals surface area (Å²) in [5.41, 5.74) is 0.747. The highest BCUT2D eigenvalue weighted by Gasteiger charge is 2.35. The summed E-state index contributed by atoms with van der Waals surface area (Å²) in [6.07, 6.45) is -0.906. The number of aromatic nitrogens is 2. The number of hydrogen-bond acceptors (Lipinski definition) is 9. The molecule has 1 aliphatic rings. The van der Waals surface area contributed by atoms with Crippen LogP contribution < -0.4 is 4.74 Å². The van der Waals surface area contributed by atoms with Crippen molar-refractivity contribution >= 4 is 21.6 Å². The van der Waals surface area contributed by atoms with Gasteiger partial charge >= 0.3 is 5.97 Å². The Hall–Kier alpha value is -4.31. The highest BCUT2D eigenvalue weighted by atomic mass is 32.2. The van der Waals surface area contributed by atoms with E-state index >= 15 is 0 Å². The maximum atomic E-state index is 13.1. The zero-order valence-corrected chi connectivity index (χ0v) is 19.4. The number of esters is 1. The minimum Gasteiger partial charge on any atom is -0.497 e. The number of nitrogens with zero attached hydrogens (tertiary/aromatic N) is 2. The first-order valence-corrected chi connectivity index (χ1v) is 12.0. The van der Waals surface area contributed by atoms with Crippen LogP contribution in [0.3, 0.4) is 0 Å². The fraction of sp³-hybridized carbons (Fsp3) is 0.120. The predicted molar refractivity (Wildman–Crippen MR) is 122 cm³/mol. The van der Waals surface area contributed by atoms with Crippen LogP contribution >= 0.6 is 0 Å². The predicted octanol–water partition coefficient (Wildman–Crippen LogP) is 4.04. The van der Waals surface area contributed by atoms with Crippen LogP contribution in [0.5, 0.6) is 5.75 Å². The van der Waals surface area contributed by atoms with E-state index in [1.165, 1.54) is 24.3 Å². The molecule has 10 heteroatoms. The van der Waals surface area contributed by atoms with E-state index < -0.39 is 27.7 Å². The molecule has 0 N–H and O–H groups in total. The number of ketones is 1. The van der Waals surface area contributed by atoms with Crippen molar-refractivity contribution in [2.24, 2.45) is 0 Å². The third-order valence-electron chi connectivity index (χ3n) is 5.58. The second-order valence-electron chi connectivity index (χ2n) is 7.76. The SMILES string of the molecule is COc1ccc(-c2nnc(C(C)OC(=O)c3ccc4c(c3)S(=O)(=O)c3ccccc3C4=O)o2)cc1. The largest absolute Gasteiger partial charge is 0.497 e. The molecule has 0 radical (unpaired) electrons. The molecule has 3 aromatic carbocycles. The first-order chi connectivity index (χ1) is 16.8. The highest BCUT2D eigenvalue weighted by Crippen LogP contribution is 2.35. The van der Waals surface area contributed by atoms with E-state index in [2.05, 4.69) is 10.2 Å². The third-order valence-corrected chi connectivity index (χ3v) is 7.43. The summed E-state index contributed by atoms with van der Waals surface area (Å²) in [6.45, 7) is 1.55. The molecule has 5 rings (SSSR count). The Bertz CT molecular complexity index is 1570. The number of rotatable bonds is 5. The summed E-state index contributed by atoms with van der Waals surface area (Å²) >= 11 is 0. The second kappa shape index (κ2) is 8.48. The molecule has 1 aliphatic heterocycles. The van der Waals surface area contributed by atoms with Gasteiger partial charge in [-0.25, -0.2) is 13.2 Å². The van der Waals surface area contributed by atoms with Gasteiger partial charge in [-0.3, -0.25) is 4.79 Å². The highest BCUT2D eigenvalue weighted by molar-refractivity contribution is 7.91. The van der Waals surface area contributed by atoms with Crippen molar-refractivity contribution in [2.45, 2.75) is 22.8 Å². The number of methoxy groups -OCH3 is 1. The number of benzene rings is 3. The van der Waals surface area contributed by atoms with Crippen molar-refractivity contribution in [1.82, 2.24) is 10.2 Å². The van der Waals surface area contributed by atoms with Gasteiger partial charge in [-0.2, -0.15) is 0 Å². The number of ether oxygens (including phenoxy) is 2. The third kappa shape index (κ3) is 3.87. The van der Waals surface area contributed by atoms with Gasteiger partial charge in [-0.15, -0.1) is 10.2 Å². The lowest BCUT2D eigenvalue weighted by Crippen LogP contribution is -2.21. The van der Waals surface area contributed by atoms with Crippen LogP contribution in [0.1, 0.15) is 45.2 Å². The number of sulfone groups is 1. The van der Waals surface area contributed by atoms with Gasteiger partial charge in [0, 0.05) is 16.7 Å². The topological polar surface area (TPSA) is 126 Å². The maximum Gasteiger partial charge on any atom is 0.338 e. The average molecular weight is 490 g/mol. The van der Waals surface area contributed by atoms with Crippen molar-refractivity contribution in [3.63, 3.8) is 0 Å². The van der Waals surface area contributed by atoms with E-state index in [0.29, 0.717) is 11.3 Å². The number of carbonyl (C=O) groups excluding carboxylic acids is 2. The lowest BCUT2D eigenvalue weighted by molar-refractivity contribution is 0.0279. The van der Waals surface area contributed by atoms with Crippen LogP contribution in [0.4, 0.5) is 0 Å². The molecule has 1 unspecified atom stereocenters. The van der Waals surface area contributed by atoms with Gasteiger partial charge in [-0.05, 0) is 61.5 Å². The molecule has 0 fully saturated rings. The van der Waals surface area contributed by atoms with E-state index in [9.17, 15) is 18.0 Å². The minimum absolute atomic E-state index is 0.00864. The first-order valence-electron chi connectivity index (χ1n) is 10.5. The van der Waals surface area contributed by atoms with E-state index in [4.69, 9.17) is 13.9 Å². The molecule has 2 heterocycles. The summed E-state index contributed by atoms with van der Waals surface area (Å²) in [5.74, 6) is -0.240. The quantitative estimate of drug-likeness (QED) is 0.336. The Labute approximate surface area is 200 Å². The van der Waals surface area contributed by atoms with Crippen LogP contribution in [-0.4, -0.2) is 37.5 Å². The summed E-state index contributed by atoms with van der Waals surface area (Å²) in [5, 5.41) is 7.93. The molecular weight excluding hydrogens is 472 g/mol. The first kappa shape index (κ1) is 22.5. The lowest BCUT2D eigenvalue weighted by Gasteiger charge is -2.19. The normalized spacial score (nSPS) is 14.5. The monoisotopic (exact) mass is 490 g/mol. The number of carbonyl (C=O) groups is 2. The number of fused-ring (bicyclic) bond motifs is 2. The Morgan fingerprint density at radius 3 is 2.40 bits per heavy atom. The molecular formula is C25H18N2O7S. The Balaban J connectivity index is 1.38. The van der Waals surface area contributed by atoms with E-state index in [1.54, 1.807) is 50.4 Å². The minimum atomic E-state index is -3.98. The van der Waals surface area contributed by atoms with Crippen LogP contribution in [0.25, 0.3) is 11.5 Å². The summed E-state index contributed by atoms with van der Waals surface area (Å²) in [6, 6.07) is 16.8. The molecule has 0 spiro atoms. The van der Waals surface area contributed by atoms with Crippen LogP contribution in [0.15, 0.2) is 80.9 Å². The van der Waals surface area contributed by atoms with Crippen molar-refractivity contribution in [3.8, 4) is 17.2 Å². The molecule has 0 bridgehead atoms. The Morgan fingerprint density at radius 2 is 1.66 bits per heavy atom. The number of hydrogen-bond donors (Lipinski definition) is 0. The molecule has 0 amide bonds. The zero-order chi connectivity index (χ0) is 24.7. The maximum absolute atomic E-state index is 13.1. The fourth-order valence-corrected chi connectivity index (χ4v) is 5.42. The van der Waals surface area contributed by atoms with Gasteiger partial charge in [0.05, 0.1) is 22.5 Å².